The summed E-state index contributed by atoms with van der Waals surface area (Å²) in [5, 5.41) is 18.8. The average Bonchev–Trinajstić information content (AvgIpc) is 3.52. The molecular weight excluding hydrogens is 469 g/mol. The Morgan fingerprint density at radius 1 is 1.23 bits per heavy atom. The van der Waals surface area contributed by atoms with Gasteiger partial charge in [0.05, 0.1) is 24.0 Å². The molecule has 1 fully saturated rings. The lowest BCUT2D eigenvalue weighted by Gasteiger charge is -2.16. The quantitative estimate of drug-likeness (QED) is 0.435. The van der Waals surface area contributed by atoms with Gasteiger partial charge < -0.3 is 20.7 Å². The summed E-state index contributed by atoms with van der Waals surface area (Å²) in [6.07, 6.45) is -1.93. The van der Waals surface area contributed by atoms with Gasteiger partial charge in [0.25, 0.3) is 11.8 Å². The van der Waals surface area contributed by atoms with Crippen molar-refractivity contribution in [3.8, 4) is 17.1 Å². The number of hydrogen-bond donors (Lipinski definition) is 3. The van der Waals surface area contributed by atoms with Crippen LogP contribution in [-0.2, 0) is 6.54 Å². The predicted octanol–water partition coefficient (Wildman–Crippen LogP) is 2.30. The minimum atomic E-state index is -4.50. The number of para-hydroxylation sites is 1. The Hall–Kier alpha value is -4.23. The van der Waals surface area contributed by atoms with Gasteiger partial charge in [-0.2, -0.15) is 18.3 Å². The summed E-state index contributed by atoms with van der Waals surface area (Å²) in [5.41, 5.74) is -0.215. The lowest BCUT2D eigenvalue weighted by atomic mass is 10.1. The van der Waals surface area contributed by atoms with E-state index < -0.39 is 37.2 Å². The van der Waals surface area contributed by atoms with Gasteiger partial charge in [0, 0.05) is 17.1 Å². The zero-order chi connectivity index (χ0) is 27.7. The topological polar surface area (TPSA) is 136 Å². The van der Waals surface area contributed by atoms with Crippen molar-refractivity contribution in [3.63, 3.8) is 0 Å². The number of rotatable bonds is 8. The van der Waals surface area contributed by atoms with Crippen molar-refractivity contribution < 1.29 is 31.6 Å². The monoisotopic (exact) mass is 493 g/mol. The molecule has 0 bridgehead atoms. The lowest BCUT2D eigenvalue weighted by Crippen LogP contribution is -2.28. The zero-order valence-corrected chi connectivity index (χ0v) is 18.2. The summed E-state index contributed by atoms with van der Waals surface area (Å²) in [6.45, 7) is -4.16. The van der Waals surface area contributed by atoms with Crippen LogP contribution in [0.3, 0.4) is 0 Å². The molecule has 0 atom stereocenters. The van der Waals surface area contributed by atoms with E-state index in [4.69, 9.17) is 8.85 Å². The molecule has 0 saturated heterocycles. The highest BCUT2D eigenvalue weighted by atomic mass is 19.4. The zero-order valence-electron chi connectivity index (χ0n) is 21.2. The molecule has 1 saturated carbocycles. The fourth-order valence-electron chi connectivity index (χ4n) is 3.17. The van der Waals surface area contributed by atoms with Crippen molar-refractivity contribution in [1.29, 1.82) is 0 Å². The first-order chi connectivity index (χ1) is 17.8. The summed E-state index contributed by atoms with van der Waals surface area (Å²) in [7, 11) is 1.30. The molecule has 0 aliphatic heterocycles. The minimum Gasteiger partial charge on any atom is -0.494 e. The molecule has 184 valence electrons. The number of nitrogens with one attached hydrogen (secondary N) is 3. The van der Waals surface area contributed by atoms with Crippen molar-refractivity contribution in [2.45, 2.75) is 31.6 Å². The summed E-state index contributed by atoms with van der Waals surface area (Å²) in [4.78, 5) is 29.1. The highest BCUT2D eigenvalue weighted by Crippen LogP contribution is 2.37. The molecule has 2 aromatic heterocycles. The number of halogens is 3. The summed E-state index contributed by atoms with van der Waals surface area (Å²) in [6, 6.07) is 5.80. The van der Waals surface area contributed by atoms with Gasteiger partial charge in [-0.15, -0.1) is 10.2 Å². The second-order valence-corrected chi connectivity index (χ2v) is 7.59. The Balaban J connectivity index is 1.71. The van der Waals surface area contributed by atoms with Crippen molar-refractivity contribution in [2.75, 3.05) is 19.4 Å². The number of carbonyl (C=O) groups is 2. The first-order valence-electron chi connectivity index (χ1n) is 11.7. The molecule has 0 spiro atoms. The molecule has 0 radical (unpaired) electrons. The van der Waals surface area contributed by atoms with Gasteiger partial charge in [-0.3, -0.25) is 9.59 Å². The molecule has 2 amide bonds. The number of alkyl halides is 3. The Morgan fingerprint density at radius 3 is 2.71 bits per heavy atom. The van der Waals surface area contributed by atoms with Crippen molar-refractivity contribution in [3.05, 3.63) is 42.0 Å². The van der Waals surface area contributed by atoms with E-state index in [2.05, 4.69) is 30.9 Å². The number of carbonyl (C=O) groups excluding carboxylic acids is 2. The van der Waals surface area contributed by atoms with E-state index in [9.17, 15) is 22.8 Å². The van der Waals surface area contributed by atoms with Gasteiger partial charge in [0.15, 0.2) is 23.0 Å². The van der Waals surface area contributed by atoms with Crippen LogP contribution in [-0.4, -0.2) is 63.1 Å². The molecule has 1 aliphatic rings. The summed E-state index contributed by atoms with van der Waals surface area (Å²) < 4.78 is 66.2. The Morgan fingerprint density at radius 2 is 2.03 bits per heavy atom. The van der Waals surface area contributed by atoms with E-state index in [-0.39, 0.29) is 40.2 Å². The van der Waals surface area contributed by atoms with Crippen LogP contribution in [0.15, 0.2) is 30.6 Å². The smallest absolute Gasteiger partial charge is 0.408 e. The number of amides is 2. The molecule has 3 aromatic rings. The lowest BCUT2D eigenvalue weighted by molar-refractivity contribution is -0.142. The molecule has 4 rings (SSSR count). The van der Waals surface area contributed by atoms with Crippen LogP contribution in [0.25, 0.3) is 11.4 Å². The second kappa shape index (κ2) is 9.56. The average molecular weight is 493 g/mol. The molecule has 11 nitrogen and oxygen atoms in total. The highest BCUT2D eigenvalue weighted by Gasteiger charge is 2.29. The maximum atomic E-state index is 12.7. The standard InChI is InChI=1S/C21H21F3N8O3/c1-25-20(34)16-14(8-15(29-30-16)19(33)27-11-6-7-11)28-13-5-3-4-12(17(13)35-2)18-26-10-32(31-18)9-21(22,23)24/h3-5,8,10-11H,6-7,9H2,1-2H3,(H,25,34)(H,27,33)(H,28,29)/i1D3. The van der Waals surface area contributed by atoms with Gasteiger partial charge in [0.2, 0.25) is 0 Å². The van der Waals surface area contributed by atoms with Crippen LogP contribution in [0, 0.1) is 0 Å². The fourth-order valence-corrected chi connectivity index (χ4v) is 3.17. The third kappa shape index (κ3) is 5.65. The Bertz CT molecular complexity index is 1360. The van der Waals surface area contributed by atoms with Gasteiger partial charge in [-0.25, -0.2) is 9.67 Å². The van der Waals surface area contributed by atoms with E-state index >= 15 is 0 Å². The number of ether oxygens (including phenoxy) is 1. The minimum absolute atomic E-state index is 0.0145. The third-order valence-electron chi connectivity index (χ3n) is 4.87. The van der Waals surface area contributed by atoms with E-state index in [1.165, 1.54) is 31.4 Å². The molecule has 35 heavy (non-hydrogen) atoms. The molecule has 1 aliphatic carbocycles. The van der Waals surface area contributed by atoms with E-state index in [1.54, 1.807) is 0 Å². The van der Waals surface area contributed by atoms with Crippen LogP contribution in [0.5, 0.6) is 5.75 Å². The van der Waals surface area contributed by atoms with Crippen LogP contribution >= 0.6 is 0 Å². The van der Waals surface area contributed by atoms with E-state index in [1.807, 2.05) is 5.32 Å². The highest BCUT2D eigenvalue weighted by molar-refractivity contribution is 6.00. The molecule has 0 unspecified atom stereocenters. The van der Waals surface area contributed by atoms with E-state index in [0.29, 0.717) is 4.68 Å². The van der Waals surface area contributed by atoms with Crippen LogP contribution in [0.4, 0.5) is 24.5 Å². The molecule has 14 heteroatoms. The maximum Gasteiger partial charge on any atom is 0.408 e. The van der Waals surface area contributed by atoms with Gasteiger partial charge in [0.1, 0.15) is 12.9 Å². The Labute approximate surface area is 201 Å². The number of nitrogens with zero attached hydrogens (tertiary/aromatic N) is 5. The molecule has 2 heterocycles. The number of benzene rings is 1. The predicted molar refractivity (Wildman–Crippen MR) is 117 cm³/mol. The SMILES string of the molecule is [2H]C([2H])([2H])NC(=O)c1nnc(C(=O)NC2CC2)cc1Nc1cccc(-c2ncn(CC(F)(F)F)n2)c1OC. The summed E-state index contributed by atoms with van der Waals surface area (Å²) >= 11 is 0. The van der Waals surface area contributed by atoms with Crippen LogP contribution < -0.4 is 20.7 Å². The first-order valence-corrected chi connectivity index (χ1v) is 10.2. The second-order valence-electron chi connectivity index (χ2n) is 7.59. The molecular formula is C21H21F3N8O3. The Kier molecular flexibility index (Phi) is 5.51. The third-order valence-corrected chi connectivity index (χ3v) is 4.87. The normalized spacial score (nSPS) is 14.9. The largest absolute Gasteiger partial charge is 0.494 e. The number of aromatic nitrogens is 5. The summed E-state index contributed by atoms with van der Waals surface area (Å²) in [5.74, 6) is -1.59. The van der Waals surface area contributed by atoms with Crippen LogP contribution in [0.2, 0.25) is 0 Å². The number of methoxy groups -OCH3 is 1. The van der Waals surface area contributed by atoms with Gasteiger partial charge in [-0.1, -0.05) is 6.07 Å². The number of hydrogen-bond acceptors (Lipinski definition) is 8. The van der Waals surface area contributed by atoms with Gasteiger partial charge >= 0.3 is 6.18 Å². The van der Waals surface area contributed by atoms with E-state index in [0.717, 1.165) is 19.2 Å². The number of anilines is 2. The first kappa shape index (κ1) is 20.2. The maximum absolute atomic E-state index is 12.7. The van der Waals surface area contributed by atoms with Crippen LogP contribution in [0.1, 0.15) is 37.9 Å². The van der Waals surface area contributed by atoms with Crippen molar-refractivity contribution in [1.82, 2.24) is 35.6 Å². The van der Waals surface area contributed by atoms with Crippen molar-refractivity contribution in [2.24, 2.45) is 0 Å². The fraction of sp³-hybridized carbons (Fsp3) is 0.333. The van der Waals surface area contributed by atoms with Crippen molar-refractivity contribution >= 4 is 23.2 Å². The molecule has 1 aromatic carbocycles. The van der Waals surface area contributed by atoms with Gasteiger partial charge in [-0.05, 0) is 31.0 Å². The molecule has 3 N–H and O–H groups in total.